The molecule has 1 aliphatic carbocycles. The van der Waals surface area contributed by atoms with Gasteiger partial charge < -0.3 is 11.1 Å². The van der Waals surface area contributed by atoms with E-state index in [2.05, 4.69) is 15.4 Å². The van der Waals surface area contributed by atoms with Crippen LogP contribution in [0.4, 0.5) is 13.2 Å². The van der Waals surface area contributed by atoms with Gasteiger partial charge >= 0.3 is 6.18 Å². The van der Waals surface area contributed by atoms with Crippen LogP contribution >= 0.6 is 0 Å². The fourth-order valence-electron chi connectivity index (χ4n) is 4.70. The van der Waals surface area contributed by atoms with Crippen LogP contribution in [0.15, 0.2) is 18.3 Å². The number of piperidine rings is 1. The molecule has 2 fully saturated rings. The average molecular weight is 423 g/mol. The van der Waals surface area contributed by atoms with Crippen LogP contribution in [0.2, 0.25) is 0 Å². The number of hydrogen-bond donors (Lipinski definition) is 2. The molecule has 30 heavy (non-hydrogen) atoms. The zero-order valence-corrected chi connectivity index (χ0v) is 16.9. The minimum Gasteiger partial charge on any atom is -0.355 e. The molecule has 2 aromatic heterocycles. The fourth-order valence-corrected chi connectivity index (χ4v) is 4.70. The summed E-state index contributed by atoms with van der Waals surface area (Å²) in [4.78, 5) is 16.7. The quantitative estimate of drug-likeness (QED) is 0.737. The number of halogens is 3. The first-order valence-electron chi connectivity index (χ1n) is 10.8. The van der Waals surface area contributed by atoms with E-state index in [9.17, 15) is 18.0 Å². The lowest BCUT2D eigenvalue weighted by molar-refractivity contribution is -0.183. The van der Waals surface area contributed by atoms with Gasteiger partial charge in [0.1, 0.15) is 0 Å². The van der Waals surface area contributed by atoms with Gasteiger partial charge in [-0.1, -0.05) is 25.7 Å². The standard InChI is InChI=1S/C21H28F3N5O/c22-21(23,24)15-9-14(20(30)26-11-15)10-16-7-8-18-27-17(12-29(18)28-16)19(25)13-5-3-1-2-4-6-13/h7-8,12-15,19H,1-6,9-11,25H2,(H,26,30)/t14-,15-,19+/m1/s1. The summed E-state index contributed by atoms with van der Waals surface area (Å²) in [6.07, 6.45) is 4.55. The van der Waals surface area contributed by atoms with Crippen LogP contribution in [-0.2, 0) is 11.2 Å². The third kappa shape index (κ3) is 4.61. The van der Waals surface area contributed by atoms with E-state index in [1.165, 1.54) is 25.7 Å². The minimum absolute atomic E-state index is 0.148. The number of amides is 1. The van der Waals surface area contributed by atoms with Crippen LogP contribution < -0.4 is 11.1 Å². The predicted octanol–water partition coefficient (Wildman–Crippen LogP) is 3.56. The van der Waals surface area contributed by atoms with Crippen molar-refractivity contribution < 1.29 is 18.0 Å². The molecule has 1 saturated carbocycles. The molecule has 1 amide bonds. The first-order chi connectivity index (χ1) is 14.3. The summed E-state index contributed by atoms with van der Waals surface area (Å²) in [5.41, 5.74) is 8.51. The molecular formula is C21H28F3N5O. The molecule has 3 N–H and O–H groups in total. The molecule has 2 aliphatic rings. The van der Waals surface area contributed by atoms with E-state index >= 15 is 0 Å². The summed E-state index contributed by atoms with van der Waals surface area (Å²) >= 11 is 0. The number of nitrogens with zero attached hydrogens (tertiary/aromatic N) is 3. The third-order valence-electron chi connectivity index (χ3n) is 6.52. The van der Waals surface area contributed by atoms with Crippen molar-refractivity contribution in [1.82, 2.24) is 19.9 Å². The number of nitrogens with two attached hydrogens (primary N) is 1. The summed E-state index contributed by atoms with van der Waals surface area (Å²) in [6, 6.07) is 3.37. The van der Waals surface area contributed by atoms with Crippen LogP contribution in [0.3, 0.4) is 0 Å². The highest BCUT2D eigenvalue weighted by Crippen LogP contribution is 2.34. The summed E-state index contributed by atoms with van der Waals surface area (Å²) in [7, 11) is 0. The Kier molecular flexibility index (Phi) is 5.99. The van der Waals surface area contributed by atoms with Gasteiger partial charge in [0.25, 0.3) is 0 Å². The number of imidazole rings is 1. The second kappa shape index (κ2) is 8.53. The van der Waals surface area contributed by atoms with Gasteiger partial charge in [-0.2, -0.15) is 18.3 Å². The smallest absolute Gasteiger partial charge is 0.355 e. The Morgan fingerprint density at radius 1 is 1.20 bits per heavy atom. The largest absolute Gasteiger partial charge is 0.393 e. The molecule has 3 heterocycles. The molecule has 1 aliphatic heterocycles. The number of carbonyl (C=O) groups excluding carboxylic acids is 1. The lowest BCUT2D eigenvalue weighted by Crippen LogP contribution is -2.47. The van der Waals surface area contributed by atoms with Crippen LogP contribution in [0.5, 0.6) is 0 Å². The molecule has 0 aromatic carbocycles. The Balaban J connectivity index is 1.49. The minimum atomic E-state index is -4.31. The van der Waals surface area contributed by atoms with E-state index in [-0.39, 0.29) is 31.3 Å². The van der Waals surface area contributed by atoms with E-state index in [0.29, 0.717) is 17.3 Å². The zero-order chi connectivity index (χ0) is 21.3. The molecule has 2 aromatic rings. The molecule has 1 saturated heterocycles. The van der Waals surface area contributed by atoms with Crippen LogP contribution in [0.1, 0.15) is 62.4 Å². The van der Waals surface area contributed by atoms with Gasteiger partial charge in [-0.3, -0.25) is 4.79 Å². The van der Waals surface area contributed by atoms with Crippen molar-refractivity contribution >= 4 is 11.6 Å². The molecular weight excluding hydrogens is 395 g/mol. The molecule has 0 radical (unpaired) electrons. The van der Waals surface area contributed by atoms with E-state index < -0.39 is 18.0 Å². The maximum atomic E-state index is 13.1. The number of alkyl halides is 3. The Bertz CT molecular complexity index is 888. The van der Waals surface area contributed by atoms with E-state index in [1.54, 1.807) is 16.6 Å². The summed E-state index contributed by atoms with van der Waals surface area (Å²) in [6.45, 7) is -0.352. The normalized spacial score (nSPS) is 25.1. The number of rotatable bonds is 4. The van der Waals surface area contributed by atoms with Gasteiger partial charge in [-0.25, -0.2) is 9.50 Å². The molecule has 0 bridgehead atoms. The first kappa shape index (κ1) is 21.1. The van der Waals surface area contributed by atoms with Gasteiger partial charge in [0.15, 0.2) is 5.65 Å². The zero-order valence-electron chi connectivity index (χ0n) is 16.9. The Morgan fingerprint density at radius 2 is 1.93 bits per heavy atom. The Hall–Kier alpha value is -2.16. The van der Waals surface area contributed by atoms with Gasteiger partial charge in [0.2, 0.25) is 5.91 Å². The SMILES string of the molecule is N[C@H](c1cn2nc(C[C@H]3C[C@@H](C(F)(F)F)CNC3=O)ccc2n1)C1CCCCCC1. The Labute approximate surface area is 173 Å². The molecule has 0 unspecified atom stereocenters. The molecule has 0 spiro atoms. The maximum Gasteiger partial charge on any atom is 0.393 e. The number of nitrogens with one attached hydrogen (secondary N) is 1. The van der Waals surface area contributed by atoms with E-state index in [4.69, 9.17) is 5.73 Å². The summed E-state index contributed by atoms with van der Waals surface area (Å²) < 4.78 is 40.8. The molecule has 4 rings (SSSR count). The van der Waals surface area contributed by atoms with Crippen molar-refractivity contribution in [3.8, 4) is 0 Å². The number of fused-ring (bicyclic) bond motifs is 1. The predicted molar refractivity (Wildman–Crippen MR) is 105 cm³/mol. The van der Waals surface area contributed by atoms with E-state index in [1.807, 2.05) is 6.20 Å². The van der Waals surface area contributed by atoms with E-state index in [0.717, 1.165) is 18.5 Å². The summed E-state index contributed by atoms with van der Waals surface area (Å²) in [5.74, 6) is -2.20. The average Bonchev–Trinajstić information content (AvgIpc) is 2.93. The number of aromatic nitrogens is 3. The first-order valence-corrected chi connectivity index (χ1v) is 10.8. The van der Waals surface area contributed by atoms with Crippen molar-refractivity contribution in [1.29, 1.82) is 0 Å². The molecule has 9 heteroatoms. The van der Waals surface area contributed by atoms with Crippen molar-refractivity contribution in [2.24, 2.45) is 23.5 Å². The lowest BCUT2D eigenvalue weighted by Gasteiger charge is -2.30. The highest BCUT2D eigenvalue weighted by molar-refractivity contribution is 5.79. The Morgan fingerprint density at radius 3 is 2.63 bits per heavy atom. The maximum absolute atomic E-state index is 13.1. The van der Waals surface area contributed by atoms with Gasteiger partial charge in [0.05, 0.1) is 29.5 Å². The van der Waals surface area contributed by atoms with Gasteiger partial charge in [-0.15, -0.1) is 0 Å². The van der Waals surface area contributed by atoms with Crippen molar-refractivity contribution in [3.05, 3.63) is 29.7 Å². The number of carbonyl (C=O) groups is 1. The monoisotopic (exact) mass is 423 g/mol. The van der Waals surface area contributed by atoms with Crippen molar-refractivity contribution in [2.75, 3.05) is 6.54 Å². The molecule has 6 nitrogen and oxygen atoms in total. The topological polar surface area (TPSA) is 85.3 Å². The molecule has 164 valence electrons. The van der Waals surface area contributed by atoms with Gasteiger partial charge in [-0.05, 0) is 37.3 Å². The van der Waals surface area contributed by atoms with Gasteiger partial charge in [0, 0.05) is 18.9 Å². The fraction of sp³-hybridized carbons (Fsp3) is 0.667. The number of hydrogen-bond acceptors (Lipinski definition) is 4. The third-order valence-corrected chi connectivity index (χ3v) is 6.52. The molecule has 3 atom stereocenters. The highest BCUT2D eigenvalue weighted by Gasteiger charge is 2.44. The second-order valence-electron chi connectivity index (χ2n) is 8.69. The van der Waals surface area contributed by atoms with Crippen molar-refractivity contribution in [3.63, 3.8) is 0 Å². The summed E-state index contributed by atoms with van der Waals surface area (Å²) in [5, 5.41) is 6.88. The van der Waals surface area contributed by atoms with Crippen LogP contribution in [0.25, 0.3) is 5.65 Å². The van der Waals surface area contributed by atoms with Crippen LogP contribution in [-0.4, -0.2) is 33.2 Å². The highest BCUT2D eigenvalue weighted by atomic mass is 19.4. The van der Waals surface area contributed by atoms with Crippen LogP contribution in [0, 0.1) is 17.8 Å². The lowest BCUT2D eigenvalue weighted by atomic mass is 9.86. The van der Waals surface area contributed by atoms with Crippen molar-refractivity contribution in [2.45, 2.75) is 63.6 Å². The second-order valence-corrected chi connectivity index (χ2v) is 8.69.